The van der Waals surface area contributed by atoms with Crippen molar-refractivity contribution >= 4 is 0 Å². The molecule has 0 atom stereocenters. The molecule has 0 radical (unpaired) electrons. The Morgan fingerprint density at radius 1 is 1.26 bits per heavy atom. The molecule has 1 heterocycles. The highest BCUT2D eigenvalue weighted by Gasteiger charge is 2.06. The second-order valence-electron chi connectivity index (χ2n) is 4.87. The van der Waals surface area contributed by atoms with E-state index in [0.29, 0.717) is 18.4 Å². The number of benzene rings is 1. The molecule has 0 aliphatic rings. The van der Waals surface area contributed by atoms with E-state index < -0.39 is 0 Å². The van der Waals surface area contributed by atoms with Crippen molar-refractivity contribution in [1.82, 2.24) is 10.3 Å². The molecule has 2 aromatic rings. The van der Waals surface area contributed by atoms with E-state index in [4.69, 9.17) is 9.15 Å². The van der Waals surface area contributed by atoms with Gasteiger partial charge in [0, 0.05) is 5.56 Å². The second kappa shape index (κ2) is 6.38. The van der Waals surface area contributed by atoms with Gasteiger partial charge in [0.2, 0.25) is 5.89 Å². The largest absolute Gasteiger partial charge is 0.497 e. The highest BCUT2D eigenvalue weighted by atomic mass is 16.5. The summed E-state index contributed by atoms with van der Waals surface area (Å²) in [6.07, 6.45) is 1.76. The number of aromatic nitrogens is 1. The lowest BCUT2D eigenvalue weighted by molar-refractivity contribution is 0.415. The van der Waals surface area contributed by atoms with E-state index in [9.17, 15) is 0 Å². The third-order valence-electron chi connectivity index (χ3n) is 2.76. The zero-order valence-electron chi connectivity index (χ0n) is 11.6. The minimum Gasteiger partial charge on any atom is -0.497 e. The average Bonchev–Trinajstić information content (AvgIpc) is 2.87. The molecule has 0 amide bonds. The summed E-state index contributed by atoms with van der Waals surface area (Å²) < 4.78 is 10.8. The first kappa shape index (κ1) is 13.6. The second-order valence-corrected chi connectivity index (χ2v) is 4.87. The zero-order valence-corrected chi connectivity index (χ0v) is 11.6. The average molecular weight is 260 g/mol. The summed E-state index contributed by atoms with van der Waals surface area (Å²) in [4.78, 5) is 4.27. The lowest BCUT2D eigenvalue weighted by atomic mass is 10.2. The molecule has 4 nitrogen and oxygen atoms in total. The topological polar surface area (TPSA) is 47.3 Å². The fourth-order valence-corrected chi connectivity index (χ4v) is 1.75. The fourth-order valence-electron chi connectivity index (χ4n) is 1.75. The molecule has 102 valence electrons. The van der Waals surface area contributed by atoms with Crippen LogP contribution in [-0.2, 0) is 6.54 Å². The third-order valence-corrected chi connectivity index (χ3v) is 2.76. The predicted molar refractivity (Wildman–Crippen MR) is 75.0 cm³/mol. The number of oxazole rings is 1. The Bertz CT molecular complexity index is 503. The summed E-state index contributed by atoms with van der Waals surface area (Å²) in [6.45, 7) is 5.96. The summed E-state index contributed by atoms with van der Waals surface area (Å²) in [5, 5.41) is 3.31. The molecule has 4 heteroatoms. The molecule has 0 unspecified atom stereocenters. The van der Waals surface area contributed by atoms with Crippen LogP contribution in [0.1, 0.15) is 19.7 Å². The van der Waals surface area contributed by atoms with Gasteiger partial charge in [-0.05, 0) is 36.7 Å². The van der Waals surface area contributed by atoms with Gasteiger partial charge in [-0.3, -0.25) is 0 Å². The maximum absolute atomic E-state index is 5.71. The van der Waals surface area contributed by atoms with E-state index in [1.54, 1.807) is 13.3 Å². The van der Waals surface area contributed by atoms with Crippen molar-refractivity contribution < 1.29 is 9.15 Å². The summed E-state index contributed by atoms with van der Waals surface area (Å²) in [6, 6.07) is 7.75. The van der Waals surface area contributed by atoms with Gasteiger partial charge in [0.25, 0.3) is 0 Å². The van der Waals surface area contributed by atoms with Crippen LogP contribution in [0.5, 0.6) is 5.75 Å². The Hall–Kier alpha value is -1.81. The molecule has 0 aliphatic carbocycles. The van der Waals surface area contributed by atoms with Crippen LogP contribution < -0.4 is 10.1 Å². The van der Waals surface area contributed by atoms with Gasteiger partial charge in [0.1, 0.15) is 5.75 Å². The number of hydrogen-bond acceptors (Lipinski definition) is 4. The number of nitrogens with zero attached hydrogens (tertiary/aromatic N) is 1. The van der Waals surface area contributed by atoms with E-state index in [-0.39, 0.29) is 0 Å². The molecule has 2 rings (SSSR count). The Kier molecular flexibility index (Phi) is 4.58. The summed E-state index contributed by atoms with van der Waals surface area (Å²) in [5.41, 5.74) is 1.00. The number of nitrogens with one attached hydrogen (secondary N) is 1. The van der Waals surface area contributed by atoms with Crippen LogP contribution in [0, 0.1) is 5.92 Å². The van der Waals surface area contributed by atoms with Crippen LogP contribution in [0.25, 0.3) is 11.3 Å². The normalized spacial score (nSPS) is 10.9. The Labute approximate surface area is 113 Å². The summed E-state index contributed by atoms with van der Waals surface area (Å²) in [5.74, 6) is 2.95. The van der Waals surface area contributed by atoms with Crippen LogP contribution in [0.3, 0.4) is 0 Å². The molecular formula is C15H20N2O2. The first-order valence-corrected chi connectivity index (χ1v) is 6.49. The Balaban J connectivity index is 1.99. The number of ether oxygens (including phenoxy) is 1. The molecule has 0 spiro atoms. The maximum atomic E-state index is 5.71. The van der Waals surface area contributed by atoms with Crippen LogP contribution in [0.4, 0.5) is 0 Å². The quantitative estimate of drug-likeness (QED) is 0.867. The van der Waals surface area contributed by atoms with Gasteiger partial charge in [-0.15, -0.1) is 0 Å². The summed E-state index contributed by atoms with van der Waals surface area (Å²) in [7, 11) is 1.65. The van der Waals surface area contributed by atoms with Crippen LogP contribution in [0.15, 0.2) is 34.9 Å². The number of rotatable bonds is 6. The number of methoxy groups -OCH3 is 1. The standard InChI is InChI=1S/C15H20N2O2/c1-11(2)8-16-10-15-17-9-14(19-15)12-4-6-13(18-3)7-5-12/h4-7,9,11,16H,8,10H2,1-3H3. The van der Waals surface area contributed by atoms with Crippen molar-refractivity contribution in [3.8, 4) is 17.1 Å². The molecule has 0 saturated carbocycles. The lowest BCUT2D eigenvalue weighted by Crippen LogP contribution is -2.18. The Morgan fingerprint density at radius 3 is 2.63 bits per heavy atom. The van der Waals surface area contributed by atoms with Crippen molar-refractivity contribution in [2.45, 2.75) is 20.4 Å². The van der Waals surface area contributed by atoms with Crippen LogP contribution >= 0.6 is 0 Å². The van der Waals surface area contributed by atoms with Gasteiger partial charge in [-0.1, -0.05) is 13.8 Å². The van der Waals surface area contributed by atoms with Crippen molar-refractivity contribution in [2.75, 3.05) is 13.7 Å². The molecule has 0 bridgehead atoms. The van der Waals surface area contributed by atoms with Crippen molar-refractivity contribution in [1.29, 1.82) is 0 Å². The van der Waals surface area contributed by atoms with Gasteiger partial charge < -0.3 is 14.5 Å². The number of hydrogen-bond donors (Lipinski definition) is 1. The molecule has 0 saturated heterocycles. The maximum Gasteiger partial charge on any atom is 0.208 e. The molecule has 0 aliphatic heterocycles. The predicted octanol–water partition coefficient (Wildman–Crippen LogP) is 3.10. The van der Waals surface area contributed by atoms with Gasteiger partial charge >= 0.3 is 0 Å². The van der Waals surface area contributed by atoms with Gasteiger partial charge in [-0.25, -0.2) is 4.98 Å². The fraction of sp³-hybridized carbons (Fsp3) is 0.400. The van der Waals surface area contributed by atoms with Gasteiger partial charge in [0.15, 0.2) is 5.76 Å². The highest BCUT2D eigenvalue weighted by molar-refractivity contribution is 5.57. The highest BCUT2D eigenvalue weighted by Crippen LogP contribution is 2.22. The SMILES string of the molecule is COc1ccc(-c2cnc(CNCC(C)C)o2)cc1. The van der Waals surface area contributed by atoms with Crippen LogP contribution in [-0.4, -0.2) is 18.6 Å². The van der Waals surface area contributed by atoms with Crippen LogP contribution in [0.2, 0.25) is 0 Å². The molecular weight excluding hydrogens is 240 g/mol. The summed E-state index contributed by atoms with van der Waals surface area (Å²) >= 11 is 0. The first-order chi connectivity index (χ1) is 9.19. The van der Waals surface area contributed by atoms with E-state index in [2.05, 4.69) is 24.1 Å². The van der Waals surface area contributed by atoms with E-state index >= 15 is 0 Å². The van der Waals surface area contributed by atoms with E-state index in [1.165, 1.54) is 0 Å². The van der Waals surface area contributed by atoms with E-state index in [0.717, 1.165) is 23.6 Å². The molecule has 19 heavy (non-hydrogen) atoms. The van der Waals surface area contributed by atoms with Crippen molar-refractivity contribution in [3.63, 3.8) is 0 Å². The lowest BCUT2D eigenvalue weighted by Gasteiger charge is -2.04. The minimum absolute atomic E-state index is 0.621. The molecule has 1 aromatic heterocycles. The van der Waals surface area contributed by atoms with Crippen molar-refractivity contribution in [2.24, 2.45) is 5.92 Å². The minimum atomic E-state index is 0.621. The third kappa shape index (κ3) is 3.83. The van der Waals surface area contributed by atoms with Gasteiger partial charge in [0.05, 0.1) is 19.9 Å². The van der Waals surface area contributed by atoms with E-state index in [1.807, 2.05) is 24.3 Å². The molecule has 1 N–H and O–H groups in total. The van der Waals surface area contributed by atoms with Gasteiger partial charge in [-0.2, -0.15) is 0 Å². The first-order valence-electron chi connectivity index (χ1n) is 6.49. The molecule has 1 aromatic carbocycles. The Morgan fingerprint density at radius 2 is 2.00 bits per heavy atom. The molecule has 0 fully saturated rings. The monoisotopic (exact) mass is 260 g/mol. The van der Waals surface area contributed by atoms with Crippen molar-refractivity contribution in [3.05, 3.63) is 36.4 Å². The smallest absolute Gasteiger partial charge is 0.208 e. The zero-order chi connectivity index (χ0) is 13.7.